The minimum absolute atomic E-state index is 0.0311. The van der Waals surface area contributed by atoms with Crippen LogP contribution >= 0.6 is 11.6 Å². The number of nitrogens with zero attached hydrogens (tertiary/aromatic N) is 1. The van der Waals surface area contributed by atoms with Crippen molar-refractivity contribution in [2.75, 3.05) is 13.3 Å². The molecule has 0 spiro atoms. The molecule has 1 aliphatic rings. The molecule has 0 heterocycles. The average molecular weight is 348 g/mol. The van der Waals surface area contributed by atoms with Gasteiger partial charge in [0.25, 0.3) is 5.91 Å². The lowest BCUT2D eigenvalue weighted by molar-refractivity contribution is 0.0700. The highest BCUT2D eigenvalue weighted by atomic mass is 35.5. The van der Waals surface area contributed by atoms with Gasteiger partial charge in [0.15, 0.2) is 9.84 Å². The fourth-order valence-electron chi connectivity index (χ4n) is 3.02. The van der Waals surface area contributed by atoms with Crippen molar-refractivity contribution in [1.29, 1.82) is 0 Å². The fourth-order valence-corrected chi connectivity index (χ4v) is 4.76. The van der Waals surface area contributed by atoms with Gasteiger partial charge in [0.05, 0.1) is 15.8 Å². The number of carbonyl (C=O) groups is 1. The Morgan fingerprint density at radius 2 is 1.95 bits per heavy atom. The molecule has 7 heteroatoms. The van der Waals surface area contributed by atoms with E-state index in [4.69, 9.17) is 11.6 Å². The van der Waals surface area contributed by atoms with E-state index in [9.17, 15) is 17.6 Å². The van der Waals surface area contributed by atoms with E-state index in [0.29, 0.717) is 12.8 Å². The van der Waals surface area contributed by atoms with Crippen molar-refractivity contribution < 1.29 is 17.6 Å². The van der Waals surface area contributed by atoms with Crippen molar-refractivity contribution in [2.45, 2.75) is 37.0 Å². The Morgan fingerprint density at radius 3 is 2.55 bits per heavy atom. The molecule has 0 bridgehead atoms. The Labute approximate surface area is 135 Å². The van der Waals surface area contributed by atoms with Gasteiger partial charge in [0, 0.05) is 19.3 Å². The molecule has 122 valence electrons. The summed E-state index contributed by atoms with van der Waals surface area (Å²) in [7, 11) is -1.66. The first-order valence-corrected chi connectivity index (χ1v) is 9.46. The predicted octanol–water partition coefficient (Wildman–Crippen LogP) is 2.91. The minimum atomic E-state index is -3.24. The molecule has 1 amide bonds. The van der Waals surface area contributed by atoms with Gasteiger partial charge in [-0.25, -0.2) is 12.8 Å². The smallest absolute Gasteiger partial charge is 0.255 e. The van der Waals surface area contributed by atoms with Gasteiger partial charge in [-0.2, -0.15) is 0 Å². The third-order valence-electron chi connectivity index (χ3n) is 4.20. The van der Waals surface area contributed by atoms with Gasteiger partial charge in [-0.1, -0.05) is 24.4 Å². The van der Waals surface area contributed by atoms with Gasteiger partial charge in [0.1, 0.15) is 5.82 Å². The molecule has 22 heavy (non-hydrogen) atoms. The summed E-state index contributed by atoms with van der Waals surface area (Å²) in [6, 6.07) is 3.20. The quantitative estimate of drug-likeness (QED) is 0.844. The largest absolute Gasteiger partial charge is 0.337 e. The Balaban J connectivity index is 2.28. The fraction of sp³-hybridized carbons (Fsp3) is 0.533. The average Bonchev–Trinajstić information content (AvgIpc) is 2.45. The Hall–Kier alpha value is -1.14. The molecule has 0 unspecified atom stereocenters. The summed E-state index contributed by atoms with van der Waals surface area (Å²) in [6.07, 6.45) is 4.12. The molecule has 1 aliphatic carbocycles. The summed E-state index contributed by atoms with van der Waals surface area (Å²) >= 11 is 5.93. The van der Waals surface area contributed by atoms with Crippen LogP contribution < -0.4 is 0 Å². The Morgan fingerprint density at radius 1 is 1.32 bits per heavy atom. The monoisotopic (exact) mass is 347 g/mol. The van der Waals surface area contributed by atoms with Crippen LogP contribution in [-0.2, 0) is 9.84 Å². The second kappa shape index (κ2) is 6.54. The standard InChI is InChI=1S/C15H19ClFNO3S/c1-18(13-5-3-4-6-14(13)22(2,20)21)15(19)11-8-7-10(17)9-12(11)16/h7-9,13-14H,3-6H2,1-2H3/t13-,14-/m0/s1. The van der Waals surface area contributed by atoms with E-state index in [1.165, 1.54) is 23.3 Å². The summed E-state index contributed by atoms with van der Waals surface area (Å²) in [6.45, 7) is 0. The third-order valence-corrected chi connectivity index (χ3v) is 6.16. The molecule has 0 radical (unpaired) electrons. The summed E-state index contributed by atoms with van der Waals surface area (Å²) in [5.74, 6) is -0.901. The lowest BCUT2D eigenvalue weighted by atomic mass is 9.93. The van der Waals surface area contributed by atoms with E-state index in [2.05, 4.69) is 0 Å². The maximum Gasteiger partial charge on any atom is 0.255 e. The highest BCUT2D eigenvalue weighted by molar-refractivity contribution is 7.91. The third kappa shape index (κ3) is 3.60. The van der Waals surface area contributed by atoms with E-state index < -0.39 is 20.9 Å². The first-order valence-electron chi connectivity index (χ1n) is 7.13. The number of halogens is 2. The number of sulfone groups is 1. The van der Waals surface area contributed by atoms with Gasteiger partial charge >= 0.3 is 0 Å². The molecule has 1 fully saturated rings. The number of hydrogen-bond acceptors (Lipinski definition) is 3. The molecule has 2 rings (SSSR count). The van der Waals surface area contributed by atoms with Crippen molar-refractivity contribution in [2.24, 2.45) is 0 Å². The minimum Gasteiger partial charge on any atom is -0.337 e. The molecule has 4 nitrogen and oxygen atoms in total. The molecule has 1 aromatic carbocycles. The highest BCUT2D eigenvalue weighted by Gasteiger charge is 2.37. The van der Waals surface area contributed by atoms with Crippen molar-refractivity contribution in [3.63, 3.8) is 0 Å². The highest BCUT2D eigenvalue weighted by Crippen LogP contribution is 2.29. The van der Waals surface area contributed by atoms with E-state index >= 15 is 0 Å². The van der Waals surface area contributed by atoms with Crippen LogP contribution in [0, 0.1) is 5.82 Å². The summed E-state index contributed by atoms with van der Waals surface area (Å²) in [5, 5.41) is -0.530. The van der Waals surface area contributed by atoms with Crippen molar-refractivity contribution in [3.05, 3.63) is 34.6 Å². The van der Waals surface area contributed by atoms with Gasteiger partial charge in [-0.3, -0.25) is 4.79 Å². The first kappa shape index (κ1) is 17.2. The summed E-state index contributed by atoms with van der Waals surface area (Å²) in [5.41, 5.74) is 0.184. The number of hydrogen-bond donors (Lipinski definition) is 0. The predicted molar refractivity (Wildman–Crippen MR) is 84.4 cm³/mol. The molecule has 1 aromatic rings. The molecule has 2 atom stereocenters. The molecule has 0 saturated heterocycles. The van der Waals surface area contributed by atoms with Crippen LogP contribution in [0.15, 0.2) is 18.2 Å². The zero-order valence-electron chi connectivity index (χ0n) is 12.6. The summed E-state index contributed by atoms with van der Waals surface area (Å²) in [4.78, 5) is 14.0. The van der Waals surface area contributed by atoms with Crippen molar-refractivity contribution >= 4 is 27.3 Å². The number of amides is 1. The maximum absolute atomic E-state index is 13.1. The zero-order valence-corrected chi connectivity index (χ0v) is 14.1. The van der Waals surface area contributed by atoms with Gasteiger partial charge < -0.3 is 4.90 Å². The zero-order chi connectivity index (χ0) is 16.5. The lowest BCUT2D eigenvalue weighted by Crippen LogP contribution is -2.49. The van der Waals surface area contributed by atoms with E-state index in [-0.39, 0.29) is 22.5 Å². The number of rotatable bonds is 3. The van der Waals surface area contributed by atoms with Crippen LogP contribution in [0.2, 0.25) is 5.02 Å². The molecule has 1 saturated carbocycles. The van der Waals surface area contributed by atoms with Gasteiger partial charge in [-0.05, 0) is 31.0 Å². The van der Waals surface area contributed by atoms with Crippen LogP contribution in [0.1, 0.15) is 36.0 Å². The van der Waals surface area contributed by atoms with Crippen LogP contribution in [0.3, 0.4) is 0 Å². The molecule has 0 N–H and O–H groups in total. The lowest BCUT2D eigenvalue weighted by Gasteiger charge is -2.37. The van der Waals surface area contributed by atoms with Crippen molar-refractivity contribution in [3.8, 4) is 0 Å². The molecular weight excluding hydrogens is 329 g/mol. The topological polar surface area (TPSA) is 54.5 Å². The van der Waals surface area contributed by atoms with Crippen molar-refractivity contribution in [1.82, 2.24) is 4.90 Å². The van der Waals surface area contributed by atoms with E-state index in [1.54, 1.807) is 7.05 Å². The second-order valence-electron chi connectivity index (χ2n) is 5.76. The first-order chi connectivity index (χ1) is 10.2. The van der Waals surface area contributed by atoms with Crippen LogP contribution in [0.5, 0.6) is 0 Å². The summed E-state index contributed by atoms with van der Waals surface area (Å²) < 4.78 is 37.0. The normalized spacial score (nSPS) is 22.4. The second-order valence-corrected chi connectivity index (χ2v) is 8.43. The van der Waals surface area contributed by atoms with E-state index in [0.717, 1.165) is 18.9 Å². The molecule has 0 aromatic heterocycles. The number of carbonyl (C=O) groups excluding carboxylic acids is 1. The van der Waals surface area contributed by atoms with E-state index in [1.807, 2.05) is 0 Å². The Bertz CT molecular complexity index is 677. The van der Waals surface area contributed by atoms with Crippen LogP contribution in [0.25, 0.3) is 0 Å². The van der Waals surface area contributed by atoms with Crippen LogP contribution in [-0.4, -0.2) is 43.8 Å². The molecular formula is C15H19ClFNO3S. The number of benzene rings is 1. The van der Waals surface area contributed by atoms with Gasteiger partial charge in [0.2, 0.25) is 0 Å². The maximum atomic E-state index is 13.1. The SMILES string of the molecule is CN(C(=O)c1ccc(F)cc1Cl)[C@H]1CCCC[C@@H]1S(C)(=O)=O. The molecule has 0 aliphatic heterocycles. The van der Waals surface area contributed by atoms with Gasteiger partial charge in [-0.15, -0.1) is 0 Å². The van der Waals surface area contributed by atoms with Crippen LogP contribution in [0.4, 0.5) is 4.39 Å². The Kier molecular flexibility index (Phi) is 5.12.